The zero-order valence-electron chi connectivity index (χ0n) is 21.3. The van der Waals surface area contributed by atoms with Crippen molar-refractivity contribution in [3.8, 4) is 11.3 Å². The van der Waals surface area contributed by atoms with E-state index >= 15 is 0 Å². The Kier molecular flexibility index (Phi) is 6.18. The van der Waals surface area contributed by atoms with Gasteiger partial charge in [-0.2, -0.15) is 5.10 Å². The van der Waals surface area contributed by atoms with Crippen molar-refractivity contribution in [2.75, 3.05) is 0 Å². The van der Waals surface area contributed by atoms with Crippen LogP contribution < -0.4 is 0 Å². The van der Waals surface area contributed by atoms with E-state index in [1.807, 2.05) is 17.8 Å². The molecule has 1 aromatic carbocycles. The summed E-state index contributed by atoms with van der Waals surface area (Å²) in [6, 6.07) is 4.03. The standard InChI is InChI=1S/C28H30F2N6O/c1-4-5-23-16(3)32-26-25(21-9-6-19(29)12-22(21)30)34-27(35-28(26)33-23)17-10-15(2)37-24(11-17)18-13-31-36(14-18)20-7-8-20/h6,9,12-15,17,20,24H,4-5,7-8,10-11H2,1-3H3/t15-,17?,24-/m1/s1. The van der Waals surface area contributed by atoms with E-state index in [9.17, 15) is 8.78 Å². The number of aromatic nitrogens is 6. The van der Waals surface area contributed by atoms with Crippen LogP contribution >= 0.6 is 0 Å². The smallest absolute Gasteiger partial charge is 0.182 e. The maximum Gasteiger partial charge on any atom is 0.182 e. The number of aryl methyl sites for hydroxylation is 2. The second-order valence-corrected chi connectivity index (χ2v) is 10.3. The molecule has 37 heavy (non-hydrogen) atoms. The van der Waals surface area contributed by atoms with Crippen LogP contribution in [0.3, 0.4) is 0 Å². The molecular weight excluding hydrogens is 474 g/mol. The van der Waals surface area contributed by atoms with Gasteiger partial charge in [0.05, 0.1) is 35.8 Å². The summed E-state index contributed by atoms with van der Waals surface area (Å²) in [5, 5.41) is 4.54. The van der Waals surface area contributed by atoms with Crippen LogP contribution in [0.4, 0.5) is 8.78 Å². The lowest BCUT2D eigenvalue weighted by atomic mass is 9.89. The predicted molar refractivity (Wildman–Crippen MR) is 135 cm³/mol. The molecule has 1 saturated carbocycles. The van der Waals surface area contributed by atoms with Gasteiger partial charge < -0.3 is 4.74 Å². The van der Waals surface area contributed by atoms with E-state index in [1.165, 1.54) is 25.0 Å². The molecule has 6 rings (SSSR count). The number of benzene rings is 1. The Bertz CT molecular complexity index is 1470. The molecule has 3 aromatic heterocycles. The number of halogens is 2. The van der Waals surface area contributed by atoms with E-state index in [4.69, 9.17) is 24.7 Å². The van der Waals surface area contributed by atoms with Gasteiger partial charge >= 0.3 is 0 Å². The van der Waals surface area contributed by atoms with E-state index in [0.717, 1.165) is 42.3 Å². The van der Waals surface area contributed by atoms with Crippen LogP contribution in [0.1, 0.15) is 86.8 Å². The fraction of sp³-hybridized carbons (Fsp3) is 0.464. The van der Waals surface area contributed by atoms with Crippen LogP contribution in [-0.4, -0.2) is 35.8 Å². The van der Waals surface area contributed by atoms with Crippen LogP contribution in [0.5, 0.6) is 0 Å². The molecule has 7 nitrogen and oxygen atoms in total. The quantitative estimate of drug-likeness (QED) is 0.312. The Balaban J connectivity index is 1.44. The minimum Gasteiger partial charge on any atom is -0.370 e. The average molecular weight is 505 g/mol. The molecule has 4 heterocycles. The third-order valence-electron chi connectivity index (χ3n) is 7.28. The first kappa shape index (κ1) is 24.0. The van der Waals surface area contributed by atoms with Gasteiger partial charge in [-0.25, -0.2) is 28.7 Å². The number of fused-ring (bicyclic) bond motifs is 1. The van der Waals surface area contributed by atoms with Gasteiger partial charge in [0.1, 0.15) is 28.7 Å². The molecule has 0 amide bonds. The van der Waals surface area contributed by atoms with E-state index in [0.29, 0.717) is 35.1 Å². The molecule has 1 unspecified atom stereocenters. The highest BCUT2D eigenvalue weighted by atomic mass is 19.1. The number of nitrogens with zero attached hydrogens (tertiary/aromatic N) is 6. The maximum atomic E-state index is 15.0. The van der Waals surface area contributed by atoms with Crippen molar-refractivity contribution in [1.29, 1.82) is 0 Å². The van der Waals surface area contributed by atoms with Crippen molar-refractivity contribution >= 4 is 11.2 Å². The number of ether oxygens (including phenoxy) is 1. The zero-order chi connectivity index (χ0) is 25.7. The van der Waals surface area contributed by atoms with Gasteiger partial charge in [0.25, 0.3) is 0 Å². The average Bonchev–Trinajstić information content (AvgIpc) is 3.60. The van der Waals surface area contributed by atoms with Gasteiger partial charge in [-0.1, -0.05) is 13.3 Å². The van der Waals surface area contributed by atoms with Gasteiger partial charge in [0.2, 0.25) is 0 Å². The van der Waals surface area contributed by atoms with Crippen LogP contribution in [0.25, 0.3) is 22.4 Å². The maximum absolute atomic E-state index is 15.0. The second kappa shape index (κ2) is 9.52. The molecule has 1 saturated heterocycles. The fourth-order valence-electron chi connectivity index (χ4n) is 5.24. The molecule has 0 spiro atoms. The Hall–Kier alpha value is -3.33. The summed E-state index contributed by atoms with van der Waals surface area (Å²) in [7, 11) is 0. The molecule has 0 radical (unpaired) electrons. The minimum atomic E-state index is -0.686. The largest absolute Gasteiger partial charge is 0.370 e. The predicted octanol–water partition coefficient (Wildman–Crippen LogP) is 6.18. The zero-order valence-corrected chi connectivity index (χ0v) is 21.3. The summed E-state index contributed by atoms with van der Waals surface area (Å²) in [4.78, 5) is 19.3. The van der Waals surface area contributed by atoms with Crippen molar-refractivity contribution in [2.45, 2.75) is 83.5 Å². The lowest BCUT2D eigenvalue weighted by Gasteiger charge is -2.33. The number of hydrogen-bond donors (Lipinski definition) is 0. The molecule has 0 N–H and O–H groups in total. The van der Waals surface area contributed by atoms with Gasteiger partial charge in [-0.15, -0.1) is 0 Å². The minimum absolute atomic E-state index is 0.0157. The summed E-state index contributed by atoms with van der Waals surface area (Å²) < 4.78 is 37.0. The highest BCUT2D eigenvalue weighted by Crippen LogP contribution is 2.41. The van der Waals surface area contributed by atoms with Gasteiger partial charge in [0.15, 0.2) is 5.65 Å². The highest BCUT2D eigenvalue weighted by molar-refractivity contribution is 5.87. The summed E-state index contributed by atoms with van der Waals surface area (Å²) in [6.07, 6.45) is 9.27. The van der Waals surface area contributed by atoms with Crippen molar-refractivity contribution in [3.05, 3.63) is 65.0 Å². The monoisotopic (exact) mass is 504 g/mol. The summed E-state index contributed by atoms with van der Waals surface area (Å²) >= 11 is 0. The van der Waals surface area contributed by atoms with E-state index in [-0.39, 0.29) is 23.7 Å². The SMILES string of the molecule is CCCc1nc2nc(C3C[C@@H](C)O[C@@H](c4cnn(C5CC5)c4)C3)nc(-c3ccc(F)cc3F)c2nc1C. The van der Waals surface area contributed by atoms with Gasteiger partial charge in [0, 0.05) is 29.3 Å². The Morgan fingerprint density at radius 1 is 1.08 bits per heavy atom. The van der Waals surface area contributed by atoms with E-state index < -0.39 is 11.6 Å². The van der Waals surface area contributed by atoms with E-state index in [1.54, 1.807) is 0 Å². The topological polar surface area (TPSA) is 78.6 Å². The molecule has 0 bridgehead atoms. The van der Waals surface area contributed by atoms with Crippen LogP contribution in [0.15, 0.2) is 30.6 Å². The second-order valence-electron chi connectivity index (χ2n) is 10.3. The lowest BCUT2D eigenvalue weighted by molar-refractivity contribution is -0.0511. The summed E-state index contributed by atoms with van der Waals surface area (Å²) in [5.41, 5.74) is 4.08. The first-order valence-corrected chi connectivity index (χ1v) is 13.1. The van der Waals surface area contributed by atoms with Gasteiger partial charge in [-0.05, 0) is 58.1 Å². The summed E-state index contributed by atoms with van der Waals surface area (Å²) in [6.45, 7) is 6.03. The third-order valence-corrected chi connectivity index (χ3v) is 7.28. The molecule has 4 aromatic rings. The van der Waals surface area contributed by atoms with Crippen LogP contribution in [-0.2, 0) is 11.2 Å². The lowest BCUT2D eigenvalue weighted by Crippen LogP contribution is -2.26. The normalized spacial score (nSPS) is 22.0. The Morgan fingerprint density at radius 3 is 2.68 bits per heavy atom. The van der Waals surface area contributed by atoms with Crippen molar-refractivity contribution < 1.29 is 13.5 Å². The molecule has 9 heteroatoms. The molecule has 2 aliphatic rings. The first-order chi connectivity index (χ1) is 17.9. The van der Waals surface area contributed by atoms with E-state index in [2.05, 4.69) is 25.1 Å². The molecule has 3 atom stereocenters. The van der Waals surface area contributed by atoms with Crippen LogP contribution in [0.2, 0.25) is 0 Å². The fourth-order valence-corrected chi connectivity index (χ4v) is 5.24. The summed E-state index contributed by atoms with van der Waals surface area (Å²) in [5.74, 6) is -0.766. The first-order valence-electron chi connectivity index (χ1n) is 13.1. The Morgan fingerprint density at radius 2 is 1.92 bits per heavy atom. The highest BCUT2D eigenvalue weighted by Gasteiger charge is 2.34. The molecule has 1 aliphatic carbocycles. The molecule has 1 aliphatic heterocycles. The molecule has 192 valence electrons. The molecule has 2 fully saturated rings. The van der Waals surface area contributed by atoms with Crippen molar-refractivity contribution in [2.24, 2.45) is 0 Å². The van der Waals surface area contributed by atoms with Gasteiger partial charge in [-0.3, -0.25) is 4.68 Å². The van der Waals surface area contributed by atoms with Crippen molar-refractivity contribution in [3.63, 3.8) is 0 Å². The number of rotatable bonds is 6. The van der Waals surface area contributed by atoms with Crippen molar-refractivity contribution in [1.82, 2.24) is 29.7 Å². The Labute approximate surface area is 214 Å². The van der Waals surface area contributed by atoms with Crippen LogP contribution in [0, 0.1) is 18.6 Å². The molecular formula is C28H30F2N6O. The third kappa shape index (κ3) is 4.72. The number of hydrogen-bond acceptors (Lipinski definition) is 6.